The zero-order valence-corrected chi connectivity index (χ0v) is 22.9. The number of halogens is 2. The van der Waals surface area contributed by atoms with Gasteiger partial charge in [-0.2, -0.15) is 5.10 Å². The van der Waals surface area contributed by atoms with Crippen LogP contribution in [0.4, 0.5) is 26.0 Å². The van der Waals surface area contributed by atoms with Gasteiger partial charge >= 0.3 is 0 Å². The molecule has 1 amide bonds. The molecule has 0 aliphatic heterocycles. The quantitative estimate of drug-likeness (QED) is 0.226. The monoisotopic (exact) mass is 553 g/mol. The molecule has 2 heterocycles. The molecule has 0 radical (unpaired) electrons. The largest absolute Gasteiger partial charge is 0.493 e. The van der Waals surface area contributed by atoms with E-state index in [0.29, 0.717) is 46.4 Å². The lowest BCUT2D eigenvalue weighted by Crippen LogP contribution is -2.25. The van der Waals surface area contributed by atoms with Crippen LogP contribution in [0.15, 0.2) is 49.1 Å². The summed E-state index contributed by atoms with van der Waals surface area (Å²) in [4.78, 5) is 23.3. The predicted octanol–water partition coefficient (Wildman–Crippen LogP) is 4.85. The number of ether oxygens (including phenoxy) is 2. The lowest BCUT2D eigenvalue weighted by Gasteiger charge is -2.19. The van der Waals surface area contributed by atoms with E-state index in [1.165, 1.54) is 29.3 Å². The van der Waals surface area contributed by atoms with E-state index in [1.54, 1.807) is 13.3 Å². The third kappa shape index (κ3) is 7.41. The maximum Gasteiger partial charge on any atom is 0.246 e. The summed E-state index contributed by atoms with van der Waals surface area (Å²) in [6.45, 7) is 6.70. The molecular weight excluding hydrogens is 520 g/mol. The molecule has 0 aliphatic carbocycles. The van der Waals surface area contributed by atoms with Gasteiger partial charge in [-0.15, -0.1) is 0 Å². The van der Waals surface area contributed by atoms with Crippen molar-refractivity contribution in [3.8, 4) is 11.5 Å². The molecule has 2 aromatic heterocycles. The Morgan fingerprint density at radius 1 is 1.18 bits per heavy atom. The molecule has 0 bridgehead atoms. The van der Waals surface area contributed by atoms with Crippen molar-refractivity contribution in [3.63, 3.8) is 0 Å². The predicted molar refractivity (Wildman–Crippen MR) is 149 cm³/mol. The van der Waals surface area contributed by atoms with E-state index < -0.39 is 17.5 Å². The lowest BCUT2D eigenvalue weighted by atomic mass is 10.2. The topological polar surface area (TPSA) is 106 Å². The molecule has 10 nitrogen and oxygen atoms in total. The van der Waals surface area contributed by atoms with Crippen LogP contribution in [0, 0.1) is 17.6 Å². The van der Waals surface area contributed by atoms with Crippen molar-refractivity contribution in [2.24, 2.45) is 5.92 Å². The number of anilines is 3. The number of carbonyl (C=O) groups is 1. The summed E-state index contributed by atoms with van der Waals surface area (Å²) in [6, 6.07) is 7.20. The van der Waals surface area contributed by atoms with E-state index >= 15 is 0 Å². The van der Waals surface area contributed by atoms with Crippen LogP contribution in [0.25, 0.3) is 10.9 Å². The molecule has 12 heteroatoms. The first-order chi connectivity index (χ1) is 19.2. The molecule has 40 heavy (non-hydrogen) atoms. The van der Waals surface area contributed by atoms with Crippen LogP contribution in [0.1, 0.15) is 20.3 Å². The highest BCUT2D eigenvalue weighted by atomic mass is 19.2. The molecule has 0 saturated heterocycles. The number of aromatic nitrogens is 4. The smallest absolute Gasteiger partial charge is 0.246 e. The molecule has 4 aromatic rings. The number of rotatable bonds is 13. The Labute approximate surface area is 231 Å². The van der Waals surface area contributed by atoms with Crippen molar-refractivity contribution in [1.82, 2.24) is 24.6 Å². The van der Waals surface area contributed by atoms with Crippen LogP contribution in [0.2, 0.25) is 0 Å². The summed E-state index contributed by atoms with van der Waals surface area (Å²) in [7, 11) is 3.68. The van der Waals surface area contributed by atoms with Crippen molar-refractivity contribution in [2.45, 2.75) is 26.8 Å². The number of fused-ring (bicyclic) bond motifs is 1. The first kappa shape index (κ1) is 28.7. The maximum absolute atomic E-state index is 13.8. The number of amides is 1. The van der Waals surface area contributed by atoms with Crippen LogP contribution in [-0.2, 0) is 11.3 Å². The molecule has 4 rings (SSSR count). The van der Waals surface area contributed by atoms with Crippen LogP contribution < -0.4 is 20.1 Å². The zero-order valence-electron chi connectivity index (χ0n) is 22.9. The summed E-state index contributed by atoms with van der Waals surface area (Å²) in [6.07, 6.45) is 5.43. The van der Waals surface area contributed by atoms with E-state index in [4.69, 9.17) is 9.47 Å². The number of hydrogen-bond donors (Lipinski definition) is 2. The van der Waals surface area contributed by atoms with Gasteiger partial charge in [0.25, 0.3) is 0 Å². The zero-order chi connectivity index (χ0) is 28.6. The second-order valence-electron chi connectivity index (χ2n) is 9.80. The first-order valence-electron chi connectivity index (χ1n) is 12.9. The van der Waals surface area contributed by atoms with Gasteiger partial charge in [-0.25, -0.2) is 18.7 Å². The third-order valence-electron chi connectivity index (χ3n) is 5.97. The third-order valence-corrected chi connectivity index (χ3v) is 5.97. The SMILES string of the molecule is COc1cc2c(Nc3cnn(CC(=O)Nc4cccc(F)c4F)c3)ncnc2cc1OCCCN(C)CC(C)C. The van der Waals surface area contributed by atoms with Crippen molar-refractivity contribution in [1.29, 1.82) is 0 Å². The fourth-order valence-electron chi connectivity index (χ4n) is 4.26. The van der Waals surface area contributed by atoms with Gasteiger partial charge in [0, 0.05) is 30.7 Å². The van der Waals surface area contributed by atoms with Gasteiger partial charge in [0.2, 0.25) is 5.91 Å². The number of carbonyl (C=O) groups excluding carboxylic acids is 1. The number of benzene rings is 2. The number of methoxy groups -OCH3 is 1. The molecule has 0 spiro atoms. The van der Waals surface area contributed by atoms with Gasteiger partial charge in [-0.1, -0.05) is 19.9 Å². The molecule has 0 unspecified atom stereocenters. The van der Waals surface area contributed by atoms with Gasteiger partial charge < -0.3 is 25.0 Å². The molecule has 0 saturated carbocycles. The molecule has 0 aliphatic rings. The Kier molecular flexibility index (Phi) is 9.43. The van der Waals surface area contributed by atoms with Crippen LogP contribution in [-0.4, -0.2) is 64.4 Å². The summed E-state index contributed by atoms with van der Waals surface area (Å²) >= 11 is 0. The van der Waals surface area contributed by atoms with Crippen LogP contribution in [0.5, 0.6) is 11.5 Å². The highest BCUT2D eigenvalue weighted by molar-refractivity contribution is 5.93. The average Bonchev–Trinajstić information content (AvgIpc) is 3.35. The lowest BCUT2D eigenvalue weighted by molar-refractivity contribution is -0.116. The van der Waals surface area contributed by atoms with Crippen molar-refractivity contribution >= 4 is 34.0 Å². The van der Waals surface area contributed by atoms with E-state index in [9.17, 15) is 13.6 Å². The van der Waals surface area contributed by atoms with Crippen molar-refractivity contribution in [2.75, 3.05) is 44.5 Å². The minimum Gasteiger partial charge on any atom is -0.493 e. The fraction of sp³-hybridized carbons (Fsp3) is 0.357. The standard InChI is InChI=1S/C28H33F2N7O3/c1-18(2)14-36(3)9-6-10-40-25-12-23-20(11-24(25)39-4)28(32-17-31-23)34-19-13-33-37(15-19)16-26(38)35-22-8-5-7-21(29)27(22)30/h5,7-8,11-13,15,17-18H,6,9-10,14,16H2,1-4H3,(H,35,38)(H,31,32,34). The molecule has 0 fully saturated rings. The van der Waals surface area contributed by atoms with Crippen LogP contribution >= 0.6 is 0 Å². The highest BCUT2D eigenvalue weighted by Gasteiger charge is 2.14. The number of hydrogen-bond acceptors (Lipinski definition) is 8. The summed E-state index contributed by atoms with van der Waals surface area (Å²) in [5.41, 5.74) is 0.988. The second-order valence-corrected chi connectivity index (χ2v) is 9.80. The van der Waals surface area contributed by atoms with E-state index in [0.717, 1.165) is 25.6 Å². The highest BCUT2D eigenvalue weighted by Crippen LogP contribution is 2.34. The van der Waals surface area contributed by atoms with Gasteiger partial charge in [0.05, 0.1) is 36.8 Å². The minimum absolute atomic E-state index is 0.204. The van der Waals surface area contributed by atoms with E-state index in [-0.39, 0.29) is 12.2 Å². The molecular formula is C28H33F2N7O3. The Bertz CT molecular complexity index is 1460. The fourth-order valence-corrected chi connectivity index (χ4v) is 4.26. The summed E-state index contributed by atoms with van der Waals surface area (Å²) in [5, 5.41) is 10.4. The van der Waals surface area contributed by atoms with Crippen molar-refractivity contribution < 1.29 is 23.0 Å². The number of nitrogens with one attached hydrogen (secondary N) is 2. The first-order valence-corrected chi connectivity index (χ1v) is 12.9. The number of nitrogens with zero attached hydrogens (tertiary/aromatic N) is 5. The Hall–Kier alpha value is -4.32. The Balaban J connectivity index is 1.41. The average molecular weight is 554 g/mol. The van der Waals surface area contributed by atoms with Crippen LogP contribution in [0.3, 0.4) is 0 Å². The van der Waals surface area contributed by atoms with E-state index in [2.05, 4.69) is 51.5 Å². The molecule has 2 aromatic carbocycles. The van der Waals surface area contributed by atoms with Gasteiger partial charge in [-0.05, 0) is 37.6 Å². The van der Waals surface area contributed by atoms with Crippen molar-refractivity contribution in [3.05, 3.63) is 60.7 Å². The van der Waals surface area contributed by atoms with E-state index in [1.807, 2.05) is 12.1 Å². The Morgan fingerprint density at radius 2 is 2.00 bits per heavy atom. The van der Waals surface area contributed by atoms with Gasteiger partial charge in [0.15, 0.2) is 23.1 Å². The maximum atomic E-state index is 13.8. The van der Waals surface area contributed by atoms with Gasteiger partial charge in [0.1, 0.15) is 18.7 Å². The molecule has 212 valence electrons. The van der Waals surface area contributed by atoms with Gasteiger partial charge in [-0.3, -0.25) is 9.48 Å². The normalized spacial score (nSPS) is 11.3. The molecule has 2 N–H and O–H groups in total. The summed E-state index contributed by atoms with van der Waals surface area (Å²) < 4.78 is 40.2. The molecule has 0 atom stereocenters. The Morgan fingerprint density at radius 3 is 2.77 bits per heavy atom. The summed E-state index contributed by atoms with van der Waals surface area (Å²) in [5.74, 6) is -0.446. The second kappa shape index (κ2) is 13.2. The minimum atomic E-state index is -1.12.